The van der Waals surface area contributed by atoms with Crippen LogP contribution in [0.25, 0.3) is 16.8 Å². The topological polar surface area (TPSA) is 84.9 Å². The van der Waals surface area contributed by atoms with Gasteiger partial charge in [0.05, 0.1) is 15.9 Å². The lowest BCUT2D eigenvalue weighted by atomic mass is 10.0. The minimum absolute atomic E-state index is 0.149. The molecule has 1 aliphatic rings. The summed E-state index contributed by atoms with van der Waals surface area (Å²) in [6, 6.07) is 20.5. The molecule has 0 spiro atoms. The minimum Gasteiger partial charge on any atom is -0.490 e. The van der Waals surface area contributed by atoms with Crippen molar-refractivity contribution in [3.05, 3.63) is 104 Å². The highest BCUT2D eigenvalue weighted by atomic mass is 127. The highest BCUT2D eigenvalue weighted by molar-refractivity contribution is 14.1. The number of barbiturate groups is 1. The number of nitrogens with one attached hydrogen (secondary N) is 1. The zero-order valence-corrected chi connectivity index (χ0v) is 25.4. The van der Waals surface area contributed by atoms with Gasteiger partial charge in [0.15, 0.2) is 11.5 Å². The molecule has 0 unspecified atom stereocenters. The van der Waals surface area contributed by atoms with Crippen molar-refractivity contribution in [2.75, 3.05) is 11.5 Å². The molecule has 4 aromatic rings. The first-order valence-corrected chi connectivity index (χ1v) is 14.3. The van der Waals surface area contributed by atoms with Gasteiger partial charge in [-0.3, -0.25) is 14.9 Å². The molecule has 7 nitrogen and oxygen atoms in total. The monoisotopic (exact) mass is 660 g/mol. The Morgan fingerprint density at radius 2 is 1.68 bits per heavy atom. The second kappa shape index (κ2) is 11.7. The van der Waals surface area contributed by atoms with E-state index in [2.05, 4.69) is 59.1 Å². The SMILES string of the molecule is CCOc1cc(/C=C2\C(=O)NC(=O)N(c3cccc(C)c3C)C2=O)cc(I)c1OCc1c(C)ccc2ccccc12. The van der Waals surface area contributed by atoms with Gasteiger partial charge in [-0.2, -0.15) is 0 Å². The molecule has 1 heterocycles. The standard InChI is InChI=1S/C33H29IN2O5/c1-5-40-29-17-22(15-25-31(37)35-33(39)36(32(25)38)28-12-8-9-19(2)21(28)4)16-27(34)30(29)41-18-26-20(3)13-14-23-10-6-7-11-24(23)26/h6-17H,5,18H2,1-4H3,(H,35,37,39)/b25-15+. The second-order valence-electron chi connectivity index (χ2n) is 9.81. The summed E-state index contributed by atoms with van der Waals surface area (Å²) in [4.78, 5) is 40.0. The van der Waals surface area contributed by atoms with Crippen molar-refractivity contribution in [3.63, 3.8) is 0 Å². The Hall–Kier alpha value is -4.18. The van der Waals surface area contributed by atoms with Crippen LogP contribution in [-0.4, -0.2) is 24.5 Å². The van der Waals surface area contributed by atoms with E-state index in [1.54, 1.807) is 18.2 Å². The van der Waals surface area contributed by atoms with Gasteiger partial charge in [0.1, 0.15) is 12.2 Å². The van der Waals surface area contributed by atoms with Crippen molar-refractivity contribution < 1.29 is 23.9 Å². The lowest BCUT2D eigenvalue weighted by Gasteiger charge is -2.28. The van der Waals surface area contributed by atoms with Crippen LogP contribution >= 0.6 is 22.6 Å². The number of nitrogens with zero attached hydrogens (tertiary/aromatic N) is 1. The van der Waals surface area contributed by atoms with E-state index in [-0.39, 0.29) is 5.57 Å². The summed E-state index contributed by atoms with van der Waals surface area (Å²) < 4.78 is 13.0. The predicted molar refractivity (Wildman–Crippen MR) is 168 cm³/mol. The molecule has 0 aromatic heterocycles. The maximum absolute atomic E-state index is 13.5. The van der Waals surface area contributed by atoms with Gasteiger partial charge in [-0.15, -0.1) is 0 Å². The number of hydrogen-bond acceptors (Lipinski definition) is 5. The van der Waals surface area contributed by atoms with Crippen LogP contribution in [0.15, 0.2) is 72.3 Å². The van der Waals surface area contributed by atoms with Gasteiger partial charge in [0.25, 0.3) is 11.8 Å². The number of amides is 4. The van der Waals surface area contributed by atoms with E-state index in [0.717, 1.165) is 41.5 Å². The zero-order valence-electron chi connectivity index (χ0n) is 23.2. The maximum Gasteiger partial charge on any atom is 0.335 e. The third kappa shape index (κ3) is 5.56. The maximum atomic E-state index is 13.5. The normalized spacial score (nSPS) is 14.5. The third-order valence-electron chi connectivity index (χ3n) is 7.20. The summed E-state index contributed by atoms with van der Waals surface area (Å²) in [7, 11) is 0. The lowest BCUT2D eigenvalue weighted by Crippen LogP contribution is -2.54. The van der Waals surface area contributed by atoms with E-state index in [1.807, 2.05) is 45.0 Å². The van der Waals surface area contributed by atoms with Crippen LogP contribution in [-0.2, 0) is 16.2 Å². The summed E-state index contributed by atoms with van der Waals surface area (Å²) in [6.45, 7) is 8.41. The number of anilines is 1. The van der Waals surface area contributed by atoms with Crippen molar-refractivity contribution in [2.24, 2.45) is 0 Å². The van der Waals surface area contributed by atoms with Crippen molar-refractivity contribution in [1.82, 2.24) is 5.32 Å². The molecule has 5 rings (SSSR count). The molecule has 0 atom stereocenters. The Balaban J connectivity index is 1.49. The Bertz CT molecular complexity index is 1740. The number of carbonyl (C=O) groups is 3. The predicted octanol–water partition coefficient (Wildman–Crippen LogP) is 7.01. The van der Waals surface area contributed by atoms with Crippen LogP contribution < -0.4 is 19.7 Å². The number of fused-ring (bicyclic) bond motifs is 1. The highest BCUT2D eigenvalue weighted by Gasteiger charge is 2.37. The van der Waals surface area contributed by atoms with E-state index >= 15 is 0 Å². The second-order valence-corrected chi connectivity index (χ2v) is 11.0. The van der Waals surface area contributed by atoms with Gasteiger partial charge in [0, 0.05) is 5.56 Å². The summed E-state index contributed by atoms with van der Waals surface area (Å²) in [6.07, 6.45) is 1.48. The molecule has 1 aliphatic heterocycles. The average molecular weight is 661 g/mol. The largest absolute Gasteiger partial charge is 0.490 e. The van der Waals surface area contributed by atoms with Crippen molar-refractivity contribution in [3.8, 4) is 11.5 Å². The number of rotatable bonds is 7. The number of benzene rings is 4. The first-order valence-electron chi connectivity index (χ1n) is 13.2. The first-order chi connectivity index (χ1) is 19.7. The molecule has 8 heteroatoms. The van der Waals surface area contributed by atoms with Crippen LogP contribution in [0.4, 0.5) is 10.5 Å². The molecule has 0 bridgehead atoms. The van der Waals surface area contributed by atoms with Crippen molar-refractivity contribution in [2.45, 2.75) is 34.3 Å². The van der Waals surface area contributed by atoms with E-state index in [9.17, 15) is 14.4 Å². The van der Waals surface area contributed by atoms with Crippen LogP contribution in [0.2, 0.25) is 0 Å². The Labute approximate surface area is 252 Å². The molecule has 0 saturated carbocycles. The summed E-state index contributed by atoms with van der Waals surface area (Å²) >= 11 is 2.17. The number of urea groups is 1. The molecule has 1 N–H and O–H groups in total. The fraction of sp³-hybridized carbons (Fsp3) is 0.182. The zero-order chi connectivity index (χ0) is 29.3. The molecular weight excluding hydrogens is 631 g/mol. The molecule has 0 aliphatic carbocycles. The molecular formula is C33H29IN2O5. The Kier molecular flexibility index (Phi) is 8.12. The number of ether oxygens (including phenoxy) is 2. The first kappa shape index (κ1) is 28.4. The summed E-state index contributed by atoms with van der Waals surface area (Å²) in [5.41, 5.74) is 4.78. The van der Waals surface area contributed by atoms with Crippen LogP contribution in [0.5, 0.6) is 11.5 Å². The van der Waals surface area contributed by atoms with Gasteiger partial charge in [0.2, 0.25) is 0 Å². The molecule has 0 radical (unpaired) electrons. The van der Waals surface area contributed by atoms with Crippen molar-refractivity contribution >= 4 is 63.0 Å². The van der Waals surface area contributed by atoms with E-state index in [1.165, 1.54) is 6.08 Å². The summed E-state index contributed by atoms with van der Waals surface area (Å²) in [5.74, 6) is -0.364. The number of aryl methyl sites for hydroxylation is 2. The molecule has 4 aromatic carbocycles. The number of hydrogen-bond donors (Lipinski definition) is 1. The molecule has 208 valence electrons. The molecule has 4 amide bonds. The van der Waals surface area contributed by atoms with E-state index < -0.39 is 17.8 Å². The average Bonchev–Trinajstić information content (AvgIpc) is 2.94. The Morgan fingerprint density at radius 3 is 2.46 bits per heavy atom. The number of halogens is 1. The number of imide groups is 2. The fourth-order valence-electron chi connectivity index (χ4n) is 4.88. The molecule has 1 saturated heterocycles. The van der Waals surface area contributed by atoms with E-state index in [0.29, 0.717) is 36.0 Å². The third-order valence-corrected chi connectivity index (χ3v) is 8.00. The van der Waals surface area contributed by atoms with Gasteiger partial charge in [-0.25, -0.2) is 9.69 Å². The Morgan fingerprint density at radius 1 is 0.902 bits per heavy atom. The van der Waals surface area contributed by atoms with Crippen LogP contribution in [0, 0.1) is 24.3 Å². The van der Waals surface area contributed by atoms with Crippen molar-refractivity contribution in [1.29, 1.82) is 0 Å². The van der Waals surface area contributed by atoms with Crippen LogP contribution in [0.3, 0.4) is 0 Å². The van der Waals surface area contributed by atoms with Crippen LogP contribution in [0.1, 0.15) is 34.7 Å². The quantitative estimate of drug-likeness (QED) is 0.131. The fourth-order valence-corrected chi connectivity index (χ4v) is 5.66. The van der Waals surface area contributed by atoms with Gasteiger partial charge >= 0.3 is 6.03 Å². The van der Waals surface area contributed by atoms with Gasteiger partial charge in [-0.1, -0.05) is 48.5 Å². The van der Waals surface area contributed by atoms with Gasteiger partial charge in [-0.05, 0) is 108 Å². The van der Waals surface area contributed by atoms with E-state index in [4.69, 9.17) is 9.47 Å². The number of carbonyl (C=O) groups excluding carboxylic acids is 3. The summed E-state index contributed by atoms with van der Waals surface area (Å²) in [5, 5.41) is 4.57. The minimum atomic E-state index is -0.775. The van der Waals surface area contributed by atoms with Gasteiger partial charge < -0.3 is 9.47 Å². The molecule has 1 fully saturated rings. The molecule has 41 heavy (non-hydrogen) atoms. The lowest BCUT2D eigenvalue weighted by molar-refractivity contribution is -0.122. The highest BCUT2D eigenvalue weighted by Crippen LogP contribution is 2.37. The smallest absolute Gasteiger partial charge is 0.335 e.